The highest BCUT2D eigenvalue weighted by Gasteiger charge is 2.47. The van der Waals surface area contributed by atoms with Crippen LogP contribution in [0.2, 0.25) is 0 Å². The molecular formula is C16H21NO4S. The molecule has 3 rings (SSSR count). The molecule has 1 heterocycles. The fourth-order valence-electron chi connectivity index (χ4n) is 3.28. The van der Waals surface area contributed by atoms with Crippen LogP contribution in [0, 0.1) is 0 Å². The number of benzene rings is 1. The molecule has 3 atom stereocenters. The first-order chi connectivity index (χ1) is 10.6. The molecular weight excluding hydrogens is 302 g/mol. The van der Waals surface area contributed by atoms with Crippen molar-refractivity contribution in [1.82, 2.24) is 4.31 Å². The highest BCUT2D eigenvalue weighted by molar-refractivity contribution is 7.89. The molecule has 2 fully saturated rings. The molecule has 120 valence electrons. The topological polar surface area (TPSA) is 55.8 Å². The Morgan fingerprint density at radius 3 is 2.82 bits per heavy atom. The van der Waals surface area contributed by atoms with Gasteiger partial charge in [-0.3, -0.25) is 0 Å². The molecule has 1 aromatic rings. The molecule has 2 bridgehead atoms. The van der Waals surface area contributed by atoms with Crippen molar-refractivity contribution in [3.05, 3.63) is 43.0 Å². The first-order valence-electron chi connectivity index (χ1n) is 7.55. The minimum Gasteiger partial charge on any atom is -0.374 e. The van der Waals surface area contributed by atoms with E-state index in [1.807, 2.05) is 6.07 Å². The molecule has 0 unspecified atom stereocenters. The number of sulfonamides is 1. The van der Waals surface area contributed by atoms with Gasteiger partial charge in [-0.2, -0.15) is 4.31 Å². The predicted molar refractivity (Wildman–Crippen MR) is 83.0 cm³/mol. The van der Waals surface area contributed by atoms with Crippen molar-refractivity contribution in [3.63, 3.8) is 0 Å². The zero-order chi connectivity index (χ0) is 15.6. The summed E-state index contributed by atoms with van der Waals surface area (Å²) in [4.78, 5) is 0.322. The Kier molecular flexibility index (Phi) is 4.63. The lowest BCUT2D eigenvalue weighted by atomic mass is 10.2. The lowest BCUT2D eigenvalue weighted by molar-refractivity contribution is -0.0421. The van der Waals surface area contributed by atoms with E-state index in [4.69, 9.17) is 9.47 Å². The van der Waals surface area contributed by atoms with Gasteiger partial charge in [-0.05, 0) is 25.0 Å². The Morgan fingerprint density at radius 1 is 1.32 bits per heavy atom. The van der Waals surface area contributed by atoms with Crippen LogP contribution in [-0.2, 0) is 19.5 Å². The second kappa shape index (κ2) is 6.50. The second-order valence-electron chi connectivity index (χ2n) is 5.57. The van der Waals surface area contributed by atoms with Crippen LogP contribution in [0.3, 0.4) is 0 Å². The van der Waals surface area contributed by atoms with E-state index in [-0.39, 0.29) is 18.2 Å². The first kappa shape index (κ1) is 15.7. The molecule has 0 spiro atoms. The van der Waals surface area contributed by atoms with E-state index in [0.717, 1.165) is 12.8 Å². The molecule has 22 heavy (non-hydrogen) atoms. The Bertz CT molecular complexity index is 616. The van der Waals surface area contributed by atoms with Gasteiger partial charge in [0.2, 0.25) is 10.0 Å². The Morgan fingerprint density at radius 2 is 2.09 bits per heavy atom. The summed E-state index contributed by atoms with van der Waals surface area (Å²) in [6.45, 7) is 4.83. The highest BCUT2D eigenvalue weighted by Crippen LogP contribution is 2.35. The molecule has 0 N–H and O–H groups in total. The van der Waals surface area contributed by atoms with Crippen LogP contribution in [0.25, 0.3) is 0 Å². The molecule has 0 aromatic heterocycles. The Hall–Kier alpha value is -1.21. The Balaban J connectivity index is 1.90. The minimum atomic E-state index is -3.53. The van der Waals surface area contributed by atoms with Gasteiger partial charge in [0.1, 0.15) is 6.10 Å². The molecule has 0 radical (unpaired) electrons. The minimum absolute atomic E-state index is 0.0269. The number of nitrogens with zero attached hydrogens (tertiary/aromatic N) is 1. The molecule has 2 aliphatic rings. The SMILES string of the molecule is C=CCO[C@H]1[C@H]2CC[C@H]1OCCN2S(=O)(=O)c1ccccc1. The van der Waals surface area contributed by atoms with E-state index < -0.39 is 10.0 Å². The monoisotopic (exact) mass is 323 g/mol. The van der Waals surface area contributed by atoms with Gasteiger partial charge in [-0.25, -0.2) is 8.42 Å². The zero-order valence-electron chi connectivity index (χ0n) is 12.4. The first-order valence-corrected chi connectivity index (χ1v) is 8.99. The van der Waals surface area contributed by atoms with Gasteiger partial charge >= 0.3 is 0 Å². The maximum Gasteiger partial charge on any atom is 0.243 e. The van der Waals surface area contributed by atoms with Crippen molar-refractivity contribution in [3.8, 4) is 0 Å². The molecule has 1 aromatic carbocycles. The predicted octanol–water partition coefficient (Wildman–Crippen LogP) is 1.81. The Labute approximate surface area is 131 Å². The van der Waals surface area contributed by atoms with Crippen molar-refractivity contribution in [1.29, 1.82) is 0 Å². The summed E-state index contributed by atoms with van der Waals surface area (Å²) < 4.78 is 39.1. The van der Waals surface area contributed by atoms with E-state index in [0.29, 0.717) is 24.7 Å². The van der Waals surface area contributed by atoms with Crippen LogP contribution < -0.4 is 0 Å². The standard InChI is InChI=1S/C16H21NO4S/c1-2-11-21-16-14-8-9-15(16)20-12-10-17(14)22(18,19)13-6-4-3-5-7-13/h2-7,14-16H,1,8-12H2/t14-,15-,16+/m1/s1. The summed E-state index contributed by atoms with van der Waals surface area (Å²) >= 11 is 0. The number of ether oxygens (including phenoxy) is 2. The average Bonchev–Trinajstić information content (AvgIpc) is 2.80. The summed E-state index contributed by atoms with van der Waals surface area (Å²) in [7, 11) is -3.53. The highest BCUT2D eigenvalue weighted by atomic mass is 32.2. The number of fused-ring (bicyclic) bond motifs is 2. The van der Waals surface area contributed by atoms with Gasteiger partial charge in [-0.15, -0.1) is 6.58 Å². The van der Waals surface area contributed by atoms with Gasteiger partial charge in [0, 0.05) is 6.54 Å². The van der Waals surface area contributed by atoms with E-state index >= 15 is 0 Å². The van der Waals surface area contributed by atoms with E-state index in [9.17, 15) is 8.42 Å². The lowest BCUT2D eigenvalue weighted by Crippen LogP contribution is -2.46. The molecule has 6 heteroatoms. The number of hydrogen-bond acceptors (Lipinski definition) is 4. The lowest BCUT2D eigenvalue weighted by Gasteiger charge is -2.30. The van der Waals surface area contributed by atoms with Crippen molar-refractivity contribution in [2.24, 2.45) is 0 Å². The fourth-order valence-corrected chi connectivity index (χ4v) is 4.95. The van der Waals surface area contributed by atoms with E-state index in [2.05, 4.69) is 6.58 Å². The largest absolute Gasteiger partial charge is 0.374 e. The average molecular weight is 323 g/mol. The summed E-state index contributed by atoms with van der Waals surface area (Å²) in [6.07, 6.45) is 3.02. The maximum atomic E-state index is 12.9. The van der Waals surface area contributed by atoms with Crippen molar-refractivity contribution < 1.29 is 17.9 Å². The fraction of sp³-hybridized carbons (Fsp3) is 0.500. The molecule has 1 aliphatic carbocycles. The molecule has 1 saturated heterocycles. The molecule has 0 amide bonds. The third-order valence-electron chi connectivity index (χ3n) is 4.26. The van der Waals surface area contributed by atoms with Gasteiger partial charge in [0.05, 0.1) is 30.3 Å². The van der Waals surface area contributed by atoms with Crippen molar-refractivity contribution >= 4 is 10.0 Å². The van der Waals surface area contributed by atoms with Crippen molar-refractivity contribution in [2.45, 2.75) is 36.0 Å². The van der Waals surface area contributed by atoms with Gasteiger partial charge in [0.25, 0.3) is 0 Å². The van der Waals surface area contributed by atoms with E-state index in [1.165, 1.54) is 0 Å². The zero-order valence-corrected chi connectivity index (χ0v) is 13.2. The molecule has 1 aliphatic heterocycles. The van der Waals surface area contributed by atoms with Crippen LogP contribution in [-0.4, -0.2) is 50.7 Å². The van der Waals surface area contributed by atoms with Crippen LogP contribution in [0.1, 0.15) is 12.8 Å². The van der Waals surface area contributed by atoms with Crippen LogP contribution in [0.15, 0.2) is 47.9 Å². The summed E-state index contributed by atoms with van der Waals surface area (Å²) in [6, 6.07) is 8.39. The summed E-state index contributed by atoms with van der Waals surface area (Å²) in [5, 5.41) is 0. The third kappa shape index (κ3) is 2.84. The summed E-state index contributed by atoms with van der Waals surface area (Å²) in [5.74, 6) is 0. The van der Waals surface area contributed by atoms with Crippen LogP contribution >= 0.6 is 0 Å². The number of hydrogen-bond donors (Lipinski definition) is 0. The van der Waals surface area contributed by atoms with Crippen LogP contribution in [0.5, 0.6) is 0 Å². The molecule has 5 nitrogen and oxygen atoms in total. The number of rotatable bonds is 5. The smallest absolute Gasteiger partial charge is 0.243 e. The molecule has 1 saturated carbocycles. The summed E-state index contributed by atoms with van der Waals surface area (Å²) in [5.41, 5.74) is 0. The van der Waals surface area contributed by atoms with Gasteiger partial charge in [-0.1, -0.05) is 24.3 Å². The van der Waals surface area contributed by atoms with Gasteiger partial charge < -0.3 is 9.47 Å². The van der Waals surface area contributed by atoms with Crippen molar-refractivity contribution in [2.75, 3.05) is 19.8 Å². The quantitative estimate of drug-likeness (QED) is 0.776. The van der Waals surface area contributed by atoms with Crippen LogP contribution in [0.4, 0.5) is 0 Å². The normalized spacial score (nSPS) is 29.2. The van der Waals surface area contributed by atoms with E-state index in [1.54, 1.807) is 34.6 Å². The maximum absolute atomic E-state index is 12.9. The van der Waals surface area contributed by atoms with Gasteiger partial charge in [0.15, 0.2) is 0 Å². The second-order valence-corrected chi connectivity index (χ2v) is 7.46. The third-order valence-corrected chi connectivity index (χ3v) is 6.20.